The van der Waals surface area contributed by atoms with Crippen LogP contribution in [0.1, 0.15) is 16.7 Å². The zero-order valence-corrected chi connectivity index (χ0v) is 18.3. The van der Waals surface area contributed by atoms with Crippen molar-refractivity contribution in [2.24, 2.45) is 5.10 Å². The molecule has 0 amide bonds. The molecule has 0 spiro atoms. The minimum Gasteiger partial charge on any atom is -0.350 e. The van der Waals surface area contributed by atoms with Crippen LogP contribution in [0, 0.1) is 17.0 Å². The predicted octanol–water partition coefficient (Wildman–Crippen LogP) is 4.89. The van der Waals surface area contributed by atoms with Crippen molar-refractivity contribution in [1.29, 1.82) is 0 Å². The summed E-state index contributed by atoms with van der Waals surface area (Å²) in [6.45, 7) is 2.52. The van der Waals surface area contributed by atoms with Gasteiger partial charge in [0.2, 0.25) is 17.8 Å². The van der Waals surface area contributed by atoms with Gasteiger partial charge >= 0.3 is 0 Å². The lowest BCUT2D eigenvalue weighted by Crippen LogP contribution is -2.09. The molecule has 0 aliphatic rings. The highest BCUT2D eigenvalue weighted by Gasteiger charge is 2.09. The predicted molar refractivity (Wildman–Crippen MR) is 132 cm³/mol. The molecule has 1 aromatic heterocycles. The SMILES string of the molecule is Cc1ccccc1/C=N/Nc1nc(NCc2ccccc2)nc(Nc2ccc([N+](=O)[O-])cc2)n1. The van der Waals surface area contributed by atoms with Crippen LogP contribution in [0.5, 0.6) is 0 Å². The van der Waals surface area contributed by atoms with Gasteiger partial charge in [-0.15, -0.1) is 0 Å². The molecule has 170 valence electrons. The first-order valence-electron chi connectivity index (χ1n) is 10.5. The maximum atomic E-state index is 10.9. The van der Waals surface area contributed by atoms with Crippen LogP contribution < -0.4 is 16.1 Å². The van der Waals surface area contributed by atoms with Crippen LogP contribution in [0.2, 0.25) is 0 Å². The van der Waals surface area contributed by atoms with Gasteiger partial charge < -0.3 is 10.6 Å². The lowest BCUT2D eigenvalue weighted by Gasteiger charge is -2.10. The van der Waals surface area contributed by atoms with Crippen LogP contribution in [0.4, 0.5) is 29.2 Å². The highest BCUT2D eigenvalue weighted by molar-refractivity contribution is 5.82. The van der Waals surface area contributed by atoms with Crippen molar-refractivity contribution >= 4 is 35.4 Å². The number of anilines is 4. The van der Waals surface area contributed by atoms with E-state index in [0.29, 0.717) is 18.2 Å². The fourth-order valence-corrected chi connectivity index (χ4v) is 3.02. The monoisotopic (exact) mass is 454 g/mol. The summed E-state index contributed by atoms with van der Waals surface area (Å²) < 4.78 is 0. The Labute approximate surface area is 196 Å². The second kappa shape index (κ2) is 10.6. The number of aryl methyl sites for hydroxylation is 1. The number of nitro groups is 1. The van der Waals surface area contributed by atoms with Gasteiger partial charge in [-0.1, -0.05) is 54.6 Å². The molecule has 34 heavy (non-hydrogen) atoms. The van der Waals surface area contributed by atoms with Gasteiger partial charge in [0.15, 0.2) is 0 Å². The lowest BCUT2D eigenvalue weighted by molar-refractivity contribution is -0.384. The Morgan fingerprint density at radius 1 is 0.882 bits per heavy atom. The summed E-state index contributed by atoms with van der Waals surface area (Å²) in [6, 6.07) is 23.7. The second-order valence-corrected chi connectivity index (χ2v) is 7.30. The third kappa shape index (κ3) is 6.10. The van der Waals surface area contributed by atoms with Crippen molar-refractivity contribution in [2.75, 3.05) is 16.1 Å². The van der Waals surface area contributed by atoms with Gasteiger partial charge in [0.05, 0.1) is 11.1 Å². The number of non-ortho nitro benzene ring substituents is 1. The molecule has 0 radical (unpaired) electrons. The summed E-state index contributed by atoms with van der Waals surface area (Å²) in [5.41, 5.74) is 6.57. The van der Waals surface area contributed by atoms with Crippen molar-refractivity contribution in [3.63, 3.8) is 0 Å². The summed E-state index contributed by atoms with van der Waals surface area (Å²) >= 11 is 0. The van der Waals surface area contributed by atoms with Gasteiger partial charge in [-0.05, 0) is 35.7 Å². The molecule has 10 heteroatoms. The summed E-state index contributed by atoms with van der Waals surface area (Å²) in [7, 11) is 0. The molecule has 3 N–H and O–H groups in total. The number of nitrogens with one attached hydrogen (secondary N) is 3. The van der Waals surface area contributed by atoms with E-state index in [1.807, 2.05) is 61.5 Å². The van der Waals surface area contributed by atoms with Gasteiger partial charge in [-0.2, -0.15) is 20.1 Å². The minimum absolute atomic E-state index is 0.000637. The third-order valence-electron chi connectivity index (χ3n) is 4.82. The Bertz CT molecular complexity index is 1290. The Morgan fingerprint density at radius 2 is 1.56 bits per heavy atom. The molecule has 0 fully saturated rings. The summed E-state index contributed by atoms with van der Waals surface area (Å²) in [5, 5.41) is 21.4. The molecule has 0 aliphatic heterocycles. The van der Waals surface area contributed by atoms with E-state index in [1.165, 1.54) is 12.1 Å². The van der Waals surface area contributed by atoms with Crippen molar-refractivity contribution in [1.82, 2.24) is 15.0 Å². The maximum Gasteiger partial charge on any atom is 0.269 e. The zero-order valence-electron chi connectivity index (χ0n) is 18.3. The van der Waals surface area contributed by atoms with Gasteiger partial charge in [0.1, 0.15) is 0 Å². The molecule has 0 aliphatic carbocycles. The molecule has 0 bridgehead atoms. The molecule has 10 nitrogen and oxygen atoms in total. The first-order valence-corrected chi connectivity index (χ1v) is 10.5. The molecule has 0 saturated carbocycles. The molecule has 0 unspecified atom stereocenters. The second-order valence-electron chi connectivity index (χ2n) is 7.30. The number of benzene rings is 3. The Morgan fingerprint density at radius 3 is 2.29 bits per heavy atom. The average Bonchev–Trinajstić information content (AvgIpc) is 2.85. The van der Waals surface area contributed by atoms with Crippen LogP contribution in [-0.2, 0) is 6.54 Å². The largest absolute Gasteiger partial charge is 0.350 e. The Kier molecular flexibility index (Phi) is 6.99. The highest BCUT2D eigenvalue weighted by atomic mass is 16.6. The summed E-state index contributed by atoms with van der Waals surface area (Å²) in [5.74, 6) is 0.838. The standard InChI is InChI=1S/C24H22N8O2/c1-17-7-5-6-10-19(17)16-26-31-24-29-22(25-15-18-8-3-2-4-9-18)28-23(30-24)27-20-11-13-21(14-12-20)32(33)34/h2-14,16H,15H2,1H3,(H3,25,27,28,29,30,31)/b26-16+. The molecule has 0 saturated heterocycles. The highest BCUT2D eigenvalue weighted by Crippen LogP contribution is 2.19. The topological polar surface area (TPSA) is 130 Å². The number of hydrazone groups is 1. The molecular formula is C24H22N8O2. The van der Waals surface area contributed by atoms with Crippen LogP contribution in [0.25, 0.3) is 0 Å². The number of nitrogens with zero attached hydrogens (tertiary/aromatic N) is 5. The van der Waals surface area contributed by atoms with E-state index < -0.39 is 4.92 Å². The van der Waals surface area contributed by atoms with Crippen molar-refractivity contribution in [3.8, 4) is 0 Å². The molecular weight excluding hydrogens is 432 g/mol. The fourth-order valence-electron chi connectivity index (χ4n) is 3.02. The van der Waals surface area contributed by atoms with Crippen LogP contribution >= 0.6 is 0 Å². The maximum absolute atomic E-state index is 10.9. The molecule has 3 aromatic carbocycles. The number of aromatic nitrogens is 3. The van der Waals surface area contributed by atoms with Gasteiger partial charge in [0.25, 0.3) is 5.69 Å². The first-order chi connectivity index (χ1) is 16.6. The van der Waals surface area contributed by atoms with Gasteiger partial charge in [0, 0.05) is 24.4 Å². The fraction of sp³-hybridized carbons (Fsp3) is 0.0833. The summed E-state index contributed by atoms with van der Waals surface area (Å²) in [6.07, 6.45) is 1.69. The molecule has 0 atom stereocenters. The van der Waals surface area contributed by atoms with E-state index in [-0.39, 0.29) is 17.6 Å². The Hall–Kier alpha value is -4.86. The van der Waals surface area contributed by atoms with Gasteiger partial charge in [-0.25, -0.2) is 5.43 Å². The van der Waals surface area contributed by atoms with E-state index in [9.17, 15) is 10.1 Å². The van der Waals surface area contributed by atoms with Crippen molar-refractivity contribution in [2.45, 2.75) is 13.5 Å². The van der Waals surface area contributed by atoms with E-state index in [1.54, 1.807) is 18.3 Å². The number of rotatable bonds is 9. The van der Waals surface area contributed by atoms with E-state index in [0.717, 1.165) is 16.7 Å². The average molecular weight is 454 g/mol. The van der Waals surface area contributed by atoms with Crippen molar-refractivity contribution in [3.05, 3.63) is 106 Å². The molecule has 4 rings (SSSR count). The number of hydrogen-bond acceptors (Lipinski definition) is 9. The van der Waals surface area contributed by atoms with E-state index in [2.05, 4.69) is 36.1 Å². The van der Waals surface area contributed by atoms with E-state index >= 15 is 0 Å². The van der Waals surface area contributed by atoms with Crippen molar-refractivity contribution < 1.29 is 4.92 Å². The molecule has 1 heterocycles. The lowest BCUT2D eigenvalue weighted by atomic mass is 10.1. The number of nitro benzene ring substituents is 1. The Balaban J connectivity index is 1.54. The van der Waals surface area contributed by atoms with Crippen LogP contribution in [-0.4, -0.2) is 26.1 Å². The number of hydrogen-bond donors (Lipinski definition) is 3. The van der Waals surface area contributed by atoms with Crippen LogP contribution in [0.3, 0.4) is 0 Å². The molecule has 4 aromatic rings. The quantitative estimate of drug-likeness (QED) is 0.185. The third-order valence-corrected chi connectivity index (χ3v) is 4.82. The first kappa shape index (κ1) is 22.3. The summed E-state index contributed by atoms with van der Waals surface area (Å²) in [4.78, 5) is 23.6. The van der Waals surface area contributed by atoms with Crippen LogP contribution in [0.15, 0.2) is 84.0 Å². The van der Waals surface area contributed by atoms with Gasteiger partial charge in [-0.3, -0.25) is 10.1 Å². The minimum atomic E-state index is -0.452. The normalized spacial score (nSPS) is 10.7. The smallest absolute Gasteiger partial charge is 0.269 e. The zero-order chi connectivity index (χ0) is 23.8. The van der Waals surface area contributed by atoms with E-state index in [4.69, 9.17) is 0 Å².